The number of halogens is 1. The molecular formula is C17H17BrN2O4S2. The molecule has 1 aliphatic rings. The second-order valence-electron chi connectivity index (χ2n) is 5.62. The first-order chi connectivity index (χ1) is 12.3. The highest BCUT2D eigenvalue weighted by Gasteiger charge is 2.31. The zero-order valence-corrected chi connectivity index (χ0v) is 17.1. The molecule has 0 saturated carbocycles. The molecule has 0 spiro atoms. The van der Waals surface area contributed by atoms with Gasteiger partial charge in [-0.15, -0.1) is 0 Å². The minimum absolute atomic E-state index is 0.125. The molecule has 1 aromatic rings. The zero-order chi connectivity index (χ0) is 19.3. The first-order valence-electron chi connectivity index (χ1n) is 7.81. The van der Waals surface area contributed by atoms with Gasteiger partial charge in [-0.05, 0) is 37.1 Å². The Morgan fingerprint density at radius 2 is 2.04 bits per heavy atom. The Morgan fingerprint density at radius 3 is 2.65 bits per heavy atom. The van der Waals surface area contributed by atoms with Crippen LogP contribution in [-0.2, 0) is 14.4 Å². The summed E-state index contributed by atoms with van der Waals surface area (Å²) in [6.07, 6.45) is 2.31. The summed E-state index contributed by atoms with van der Waals surface area (Å²) in [7, 11) is 0. The molecular weight excluding hydrogens is 440 g/mol. The molecule has 1 unspecified atom stereocenters. The Balaban J connectivity index is 1.90. The van der Waals surface area contributed by atoms with Gasteiger partial charge < -0.3 is 10.4 Å². The third-order valence-electron chi connectivity index (χ3n) is 3.57. The number of amides is 2. The highest BCUT2D eigenvalue weighted by atomic mass is 79.9. The summed E-state index contributed by atoms with van der Waals surface area (Å²) in [5, 5.41) is 11.1. The van der Waals surface area contributed by atoms with Crippen molar-refractivity contribution in [1.82, 2.24) is 10.2 Å². The van der Waals surface area contributed by atoms with E-state index < -0.39 is 12.0 Å². The number of hydrogen-bond donors (Lipinski definition) is 2. The van der Waals surface area contributed by atoms with E-state index in [0.717, 1.165) is 10.0 Å². The van der Waals surface area contributed by atoms with Gasteiger partial charge in [-0.1, -0.05) is 52.0 Å². The smallest absolute Gasteiger partial charge is 0.325 e. The van der Waals surface area contributed by atoms with Crippen LogP contribution in [0.15, 0.2) is 33.6 Å². The van der Waals surface area contributed by atoms with Gasteiger partial charge in [0.1, 0.15) is 10.4 Å². The van der Waals surface area contributed by atoms with Gasteiger partial charge in [0, 0.05) is 17.4 Å². The number of thiocarbonyl (C=S) groups is 1. The largest absolute Gasteiger partial charge is 0.480 e. The van der Waals surface area contributed by atoms with Gasteiger partial charge in [-0.25, -0.2) is 0 Å². The van der Waals surface area contributed by atoms with Crippen LogP contribution in [0, 0.1) is 0 Å². The molecule has 1 heterocycles. The minimum Gasteiger partial charge on any atom is -0.480 e. The van der Waals surface area contributed by atoms with Crippen LogP contribution in [0.3, 0.4) is 0 Å². The monoisotopic (exact) mass is 456 g/mol. The molecule has 26 heavy (non-hydrogen) atoms. The number of carboxylic acid groups (broad SMARTS) is 1. The predicted octanol–water partition coefficient (Wildman–Crippen LogP) is 3.02. The number of nitrogens with zero attached hydrogens (tertiary/aromatic N) is 1. The lowest BCUT2D eigenvalue weighted by Crippen LogP contribution is -2.38. The molecule has 1 aliphatic heterocycles. The number of benzene rings is 1. The van der Waals surface area contributed by atoms with Crippen molar-refractivity contribution in [2.45, 2.75) is 25.8 Å². The number of carbonyl (C=O) groups is 3. The van der Waals surface area contributed by atoms with Crippen molar-refractivity contribution in [2.24, 2.45) is 0 Å². The molecule has 0 bridgehead atoms. The average Bonchev–Trinajstić information content (AvgIpc) is 2.84. The summed E-state index contributed by atoms with van der Waals surface area (Å²) in [4.78, 5) is 36.9. The number of aliphatic carboxylic acids is 1. The zero-order valence-electron chi connectivity index (χ0n) is 13.9. The van der Waals surface area contributed by atoms with Crippen LogP contribution in [-0.4, -0.2) is 44.7 Å². The summed E-state index contributed by atoms with van der Waals surface area (Å²) in [5.41, 5.74) is 0.899. The highest BCUT2D eigenvalue weighted by Crippen LogP contribution is 2.32. The second-order valence-corrected chi connectivity index (χ2v) is 8.21. The molecule has 2 amide bonds. The van der Waals surface area contributed by atoms with Crippen LogP contribution in [0.2, 0.25) is 0 Å². The van der Waals surface area contributed by atoms with Gasteiger partial charge in [0.05, 0.1) is 4.91 Å². The van der Waals surface area contributed by atoms with Gasteiger partial charge in [-0.2, -0.15) is 0 Å². The van der Waals surface area contributed by atoms with Crippen LogP contribution >= 0.6 is 39.9 Å². The van der Waals surface area contributed by atoms with Crippen molar-refractivity contribution in [3.63, 3.8) is 0 Å². The van der Waals surface area contributed by atoms with Crippen molar-refractivity contribution < 1.29 is 19.5 Å². The molecule has 1 atom stereocenters. The maximum absolute atomic E-state index is 12.5. The van der Waals surface area contributed by atoms with Crippen LogP contribution in [0.1, 0.15) is 25.3 Å². The van der Waals surface area contributed by atoms with E-state index in [9.17, 15) is 14.4 Å². The first kappa shape index (κ1) is 20.6. The van der Waals surface area contributed by atoms with E-state index in [1.54, 1.807) is 6.08 Å². The van der Waals surface area contributed by atoms with Crippen molar-refractivity contribution in [2.75, 3.05) is 6.54 Å². The highest BCUT2D eigenvalue weighted by molar-refractivity contribution is 9.10. The lowest BCUT2D eigenvalue weighted by Gasteiger charge is -2.14. The third kappa shape index (κ3) is 5.65. The first-order valence-corrected chi connectivity index (χ1v) is 9.83. The molecule has 0 radical (unpaired) electrons. The molecule has 2 N–H and O–H groups in total. The van der Waals surface area contributed by atoms with Gasteiger partial charge in [-0.3, -0.25) is 19.3 Å². The van der Waals surface area contributed by atoms with E-state index in [-0.39, 0.29) is 18.2 Å². The number of nitrogens with one attached hydrogen (secondary N) is 1. The molecule has 1 fully saturated rings. The van der Waals surface area contributed by atoms with E-state index in [1.807, 2.05) is 24.3 Å². The van der Waals surface area contributed by atoms with Crippen molar-refractivity contribution >= 4 is 68.1 Å². The normalized spacial score (nSPS) is 16.8. The maximum atomic E-state index is 12.5. The van der Waals surface area contributed by atoms with Crippen LogP contribution in [0.5, 0.6) is 0 Å². The van der Waals surface area contributed by atoms with E-state index in [1.165, 1.54) is 23.6 Å². The Hall–Kier alpha value is -1.71. The standard InChI is InChI=1S/C17H17BrN2O4S2/c1-10(16(23)24)19-14(21)3-2-8-20-15(22)13(26-17(20)25)9-11-4-6-12(18)7-5-11/h4-7,9-10H,2-3,8H2,1H3,(H,19,21)(H,23,24)/b13-9-. The van der Waals surface area contributed by atoms with Crippen molar-refractivity contribution in [3.05, 3.63) is 39.2 Å². The Morgan fingerprint density at radius 1 is 1.38 bits per heavy atom. The summed E-state index contributed by atoms with van der Waals surface area (Å²) in [6, 6.07) is 6.63. The molecule has 6 nitrogen and oxygen atoms in total. The summed E-state index contributed by atoms with van der Waals surface area (Å²) < 4.78 is 1.41. The van der Waals surface area contributed by atoms with Gasteiger partial charge >= 0.3 is 5.97 Å². The van der Waals surface area contributed by atoms with E-state index >= 15 is 0 Å². The third-order valence-corrected chi connectivity index (χ3v) is 5.48. The molecule has 0 aromatic heterocycles. The van der Waals surface area contributed by atoms with Crippen molar-refractivity contribution in [1.29, 1.82) is 0 Å². The lowest BCUT2D eigenvalue weighted by molar-refractivity contribution is -0.141. The number of carbonyl (C=O) groups excluding carboxylic acids is 2. The molecule has 2 rings (SSSR count). The number of carboxylic acids is 1. The number of hydrogen-bond acceptors (Lipinski definition) is 5. The Labute approximate surface area is 169 Å². The van der Waals surface area contributed by atoms with E-state index in [0.29, 0.717) is 22.2 Å². The van der Waals surface area contributed by atoms with Crippen molar-refractivity contribution in [3.8, 4) is 0 Å². The minimum atomic E-state index is -1.09. The van der Waals surface area contributed by atoms with E-state index in [2.05, 4.69) is 21.2 Å². The second kappa shape index (κ2) is 9.29. The fourth-order valence-electron chi connectivity index (χ4n) is 2.18. The van der Waals surface area contributed by atoms with E-state index in [4.69, 9.17) is 17.3 Å². The molecule has 1 aromatic carbocycles. The quantitative estimate of drug-likeness (QED) is 0.484. The Bertz CT molecular complexity index is 765. The van der Waals surface area contributed by atoms with Gasteiger partial charge in [0.15, 0.2) is 0 Å². The lowest BCUT2D eigenvalue weighted by atomic mass is 10.2. The van der Waals surface area contributed by atoms with Crippen LogP contribution in [0.4, 0.5) is 0 Å². The summed E-state index contributed by atoms with van der Waals surface area (Å²) in [5.74, 6) is -1.63. The van der Waals surface area contributed by atoms with Crippen LogP contribution in [0.25, 0.3) is 6.08 Å². The topological polar surface area (TPSA) is 86.7 Å². The summed E-state index contributed by atoms with van der Waals surface area (Å²) >= 11 is 9.85. The number of thioether (sulfide) groups is 1. The van der Waals surface area contributed by atoms with Gasteiger partial charge in [0.2, 0.25) is 5.91 Å². The fraction of sp³-hybridized carbons (Fsp3) is 0.294. The summed E-state index contributed by atoms with van der Waals surface area (Å²) in [6.45, 7) is 1.71. The SMILES string of the molecule is CC(NC(=O)CCCN1C(=O)/C(=C/c2ccc(Br)cc2)SC1=S)C(=O)O. The maximum Gasteiger partial charge on any atom is 0.325 e. The molecule has 0 aliphatic carbocycles. The molecule has 9 heteroatoms. The van der Waals surface area contributed by atoms with Crippen LogP contribution < -0.4 is 5.32 Å². The Kier molecular flexibility index (Phi) is 7.36. The molecule has 1 saturated heterocycles. The fourth-order valence-corrected chi connectivity index (χ4v) is 3.75. The average molecular weight is 457 g/mol. The number of rotatable bonds is 7. The molecule has 138 valence electrons. The predicted molar refractivity (Wildman–Crippen MR) is 108 cm³/mol. The van der Waals surface area contributed by atoms with Gasteiger partial charge in [0.25, 0.3) is 5.91 Å².